The van der Waals surface area contributed by atoms with Crippen LogP contribution in [0.2, 0.25) is 0 Å². The lowest BCUT2D eigenvalue weighted by Gasteiger charge is -2.22. The first kappa shape index (κ1) is 26.6. The molecule has 0 radical (unpaired) electrons. The van der Waals surface area contributed by atoms with Gasteiger partial charge in [0.05, 0.1) is 10.9 Å². The lowest BCUT2D eigenvalue weighted by atomic mass is 9.88. The van der Waals surface area contributed by atoms with E-state index >= 15 is 0 Å². The van der Waals surface area contributed by atoms with Gasteiger partial charge in [-0.3, -0.25) is 14.4 Å². The first-order valence-electron chi connectivity index (χ1n) is 11.9. The number of Topliss-reactive ketones (excluding diaryl/α,β-unsaturated/α-hetero) is 2. The van der Waals surface area contributed by atoms with Crippen molar-refractivity contribution in [2.75, 3.05) is 6.54 Å². The second-order valence-electron chi connectivity index (χ2n) is 9.21. The van der Waals surface area contributed by atoms with Crippen molar-refractivity contribution in [3.63, 3.8) is 0 Å². The zero-order valence-corrected chi connectivity index (χ0v) is 20.9. The largest absolute Gasteiger partial charge is 0.349 e. The molecule has 0 aliphatic carbocycles. The fraction of sp³-hybridized carbons (Fsp3) is 0.480. The van der Waals surface area contributed by atoms with Crippen LogP contribution in [0.25, 0.3) is 0 Å². The Labute approximate surface area is 206 Å². The minimum atomic E-state index is -3.94. The Bertz CT molecular complexity index is 1150. The van der Waals surface area contributed by atoms with E-state index in [-0.39, 0.29) is 30.1 Å². The summed E-state index contributed by atoms with van der Waals surface area (Å²) in [5.74, 6) is -1.99. The minimum Gasteiger partial charge on any atom is -0.349 e. The Morgan fingerprint density at radius 1 is 1.14 bits per heavy atom. The number of hydrogen-bond donors (Lipinski definition) is 2. The number of benzene rings is 1. The number of rotatable bonds is 8. The van der Waals surface area contributed by atoms with E-state index in [1.807, 2.05) is 13.8 Å². The van der Waals surface area contributed by atoms with E-state index in [4.69, 9.17) is 0 Å². The molecule has 2 unspecified atom stereocenters. The molecule has 2 atom stereocenters. The molecule has 2 heterocycles. The van der Waals surface area contributed by atoms with Crippen LogP contribution in [0, 0.1) is 11.8 Å². The van der Waals surface area contributed by atoms with Gasteiger partial charge in [-0.25, -0.2) is 23.1 Å². The van der Waals surface area contributed by atoms with Crippen LogP contribution in [-0.4, -0.2) is 48.4 Å². The summed E-state index contributed by atoms with van der Waals surface area (Å²) in [4.78, 5) is 47.5. The highest BCUT2D eigenvalue weighted by molar-refractivity contribution is 7.89. The summed E-state index contributed by atoms with van der Waals surface area (Å²) in [6.45, 7) is 4.07. The molecule has 0 spiro atoms. The molecular weight excluding hydrogens is 468 g/mol. The van der Waals surface area contributed by atoms with Gasteiger partial charge < -0.3 is 5.32 Å². The molecule has 1 aliphatic heterocycles. The summed E-state index contributed by atoms with van der Waals surface area (Å²) in [5, 5.41) is 2.62. The standard InChI is InChI=1S/C25H32N4O5S/c1-17(2)15-21(29-35(33,34)20-7-4-3-5-8-20)22(30)16-18-10-11-19-12-14-26-23(28-19)9-6-13-27-25(32)24(18)31/h3-5,7-8,12,14,17-18,21,29H,6,9-11,13,15-16H2,1-2H3,(H,27,32). The Morgan fingerprint density at radius 2 is 1.89 bits per heavy atom. The van der Waals surface area contributed by atoms with Crippen LogP contribution in [0.4, 0.5) is 0 Å². The molecule has 188 valence electrons. The van der Waals surface area contributed by atoms with Gasteiger partial charge in [-0.05, 0) is 49.8 Å². The lowest BCUT2D eigenvalue weighted by molar-refractivity contribution is -0.141. The monoisotopic (exact) mass is 500 g/mol. The highest BCUT2D eigenvalue weighted by Gasteiger charge is 2.32. The van der Waals surface area contributed by atoms with Gasteiger partial charge in [-0.1, -0.05) is 32.0 Å². The summed E-state index contributed by atoms with van der Waals surface area (Å²) in [7, 11) is -3.94. The predicted molar refractivity (Wildman–Crippen MR) is 130 cm³/mol. The molecule has 2 N–H and O–H groups in total. The average molecular weight is 501 g/mol. The van der Waals surface area contributed by atoms with Crippen LogP contribution in [0.5, 0.6) is 0 Å². The molecule has 3 rings (SSSR count). The number of nitrogens with zero attached hydrogens (tertiary/aromatic N) is 2. The van der Waals surface area contributed by atoms with Crippen LogP contribution in [-0.2, 0) is 37.2 Å². The molecular formula is C25H32N4O5S. The molecule has 9 nitrogen and oxygen atoms in total. The van der Waals surface area contributed by atoms with Gasteiger partial charge in [-0.15, -0.1) is 0 Å². The molecule has 1 aromatic heterocycles. The Morgan fingerprint density at radius 3 is 2.60 bits per heavy atom. The second-order valence-corrected chi connectivity index (χ2v) is 10.9. The van der Waals surface area contributed by atoms with Gasteiger partial charge in [0.15, 0.2) is 5.78 Å². The number of sulfonamides is 1. The summed E-state index contributed by atoms with van der Waals surface area (Å²) in [5.41, 5.74) is 0.741. The molecule has 2 bridgehead atoms. The lowest BCUT2D eigenvalue weighted by Crippen LogP contribution is -2.44. The maximum atomic E-state index is 13.3. The first-order chi connectivity index (χ1) is 16.7. The topological polar surface area (TPSA) is 135 Å². The quantitative estimate of drug-likeness (QED) is 0.529. The van der Waals surface area contributed by atoms with Crippen molar-refractivity contribution in [2.45, 2.75) is 63.3 Å². The van der Waals surface area contributed by atoms with Crippen molar-refractivity contribution in [1.82, 2.24) is 20.0 Å². The number of aryl methyl sites for hydroxylation is 2. The highest BCUT2D eigenvalue weighted by atomic mass is 32.2. The number of carbonyl (C=O) groups is 3. The first-order valence-corrected chi connectivity index (χ1v) is 13.4. The number of ketones is 2. The van der Waals surface area contributed by atoms with Crippen molar-refractivity contribution < 1.29 is 22.8 Å². The van der Waals surface area contributed by atoms with Crippen molar-refractivity contribution >= 4 is 27.5 Å². The molecule has 1 amide bonds. The van der Waals surface area contributed by atoms with E-state index < -0.39 is 39.5 Å². The number of hydrogen-bond acceptors (Lipinski definition) is 7. The van der Waals surface area contributed by atoms with Crippen molar-refractivity contribution in [2.24, 2.45) is 11.8 Å². The van der Waals surface area contributed by atoms with Crippen LogP contribution in [0.15, 0.2) is 47.5 Å². The van der Waals surface area contributed by atoms with Crippen LogP contribution in [0.1, 0.15) is 51.0 Å². The third-order valence-corrected chi connectivity index (χ3v) is 7.35. The van der Waals surface area contributed by atoms with Gasteiger partial charge >= 0.3 is 0 Å². The zero-order chi connectivity index (χ0) is 25.4. The maximum Gasteiger partial charge on any atom is 0.287 e. The maximum absolute atomic E-state index is 13.3. The van der Waals surface area contributed by atoms with Gasteiger partial charge in [0.25, 0.3) is 5.91 Å². The van der Waals surface area contributed by atoms with Gasteiger partial charge in [0, 0.05) is 37.2 Å². The highest BCUT2D eigenvalue weighted by Crippen LogP contribution is 2.20. The normalized spacial score (nSPS) is 18.3. The summed E-state index contributed by atoms with van der Waals surface area (Å²) < 4.78 is 28.3. The van der Waals surface area contributed by atoms with E-state index in [1.165, 1.54) is 12.1 Å². The number of amides is 1. The number of aromatic nitrogens is 2. The average Bonchev–Trinajstić information content (AvgIpc) is 2.83. The number of fused-ring (bicyclic) bond motifs is 2. The molecule has 1 aliphatic rings. The van der Waals surface area contributed by atoms with E-state index in [0.29, 0.717) is 31.6 Å². The molecule has 35 heavy (non-hydrogen) atoms. The SMILES string of the molecule is CC(C)CC(NS(=O)(=O)c1ccccc1)C(=O)CC1CCc2ccnc(n2)CCCNC(=O)C1=O. The molecule has 0 fully saturated rings. The number of nitrogens with one attached hydrogen (secondary N) is 2. The van der Waals surface area contributed by atoms with Crippen molar-refractivity contribution in [1.29, 1.82) is 0 Å². The minimum absolute atomic E-state index is 0.0252. The zero-order valence-electron chi connectivity index (χ0n) is 20.1. The predicted octanol–water partition coefficient (Wildman–Crippen LogP) is 2.01. The third-order valence-electron chi connectivity index (χ3n) is 5.86. The van der Waals surface area contributed by atoms with Crippen LogP contribution >= 0.6 is 0 Å². The third kappa shape index (κ3) is 7.76. The number of carbonyl (C=O) groups excluding carboxylic acids is 3. The van der Waals surface area contributed by atoms with E-state index in [1.54, 1.807) is 30.5 Å². The van der Waals surface area contributed by atoms with Gasteiger partial charge in [0.1, 0.15) is 5.82 Å². The molecule has 10 heteroatoms. The van der Waals surface area contributed by atoms with Gasteiger partial charge in [0.2, 0.25) is 15.8 Å². The molecule has 0 saturated heterocycles. The van der Waals surface area contributed by atoms with Crippen LogP contribution < -0.4 is 10.0 Å². The fourth-order valence-corrected chi connectivity index (χ4v) is 5.28. The molecule has 1 aromatic carbocycles. The molecule has 0 saturated carbocycles. The summed E-state index contributed by atoms with van der Waals surface area (Å²) >= 11 is 0. The Balaban J connectivity index is 1.80. The van der Waals surface area contributed by atoms with Crippen molar-refractivity contribution in [3.8, 4) is 0 Å². The smallest absolute Gasteiger partial charge is 0.287 e. The molecule has 2 aromatic rings. The second kappa shape index (κ2) is 12.1. The van der Waals surface area contributed by atoms with Gasteiger partial charge in [-0.2, -0.15) is 0 Å². The van der Waals surface area contributed by atoms with E-state index in [0.717, 1.165) is 5.69 Å². The van der Waals surface area contributed by atoms with E-state index in [2.05, 4.69) is 20.0 Å². The van der Waals surface area contributed by atoms with Crippen molar-refractivity contribution in [3.05, 3.63) is 54.1 Å². The Kier molecular flexibility index (Phi) is 9.22. The summed E-state index contributed by atoms with van der Waals surface area (Å²) in [6, 6.07) is 8.57. The van der Waals surface area contributed by atoms with E-state index in [9.17, 15) is 22.8 Å². The fourth-order valence-electron chi connectivity index (χ4n) is 4.03. The Hall–Kier alpha value is -2.98. The summed E-state index contributed by atoms with van der Waals surface area (Å²) in [6.07, 6.45) is 3.52. The van der Waals surface area contributed by atoms with Crippen LogP contribution in [0.3, 0.4) is 0 Å².